The highest BCUT2D eigenvalue weighted by molar-refractivity contribution is 5.65. The quantitative estimate of drug-likeness (QED) is 0.429. The first-order chi connectivity index (χ1) is 9.13. The molecule has 0 spiro atoms. The first kappa shape index (κ1) is 15.4. The molecule has 0 saturated heterocycles. The van der Waals surface area contributed by atoms with Crippen LogP contribution >= 0.6 is 0 Å². The van der Waals surface area contributed by atoms with Gasteiger partial charge in [0.1, 0.15) is 5.69 Å². The largest absolute Gasteiger partial charge is 0.318 e. The molecule has 0 bridgehead atoms. The third kappa shape index (κ3) is 4.18. The van der Waals surface area contributed by atoms with Crippen molar-refractivity contribution < 1.29 is 4.92 Å². The summed E-state index contributed by atoms with van der Waals surface area (Å²) in [5, 5.41) is 11.0. The van der Waals surface area contributed by atoms with E-state index in [0.717, 1.165) is 31.5 Å². The van der Waals surface area contributed by atoms with Crippen molar-refractivity contribution in [2.24, 2.45) is 5.84 Å². The lowest BCUT2D eigenvalue weighted by molar-refractivity contribution is -0.384. The van der Waals surface area contributed by atoms with Gasteiger partial charge in [0.05, 0.1) is 4.92 Å². The minimum absolute atomic E-state index is 0.0212. The van der Waals surface area contributed by atoms with Crippen molar-refractivity contribution in [2.75, 3.05) is 18.5 Å². The van der Waals surface area contributed by atoms with Gasteiger partial charge in [-0.3, -0.25) is 20.9 Å². The van der Waals surface area contributed by atoms with Gasteiger partial charge in [0, 0.05) is 12.6 Å². The van der Waals surface area contributed by atoms with E-state index in [0.29, 0.717) is 12.2 Å². The third-order valence-corrected chi connectivity index (χ3v) is 2.94. The number of nitrogen functional groups attached to an aromatic ring is 1. The van der Waals surface area contributed by atoms with Crippen molar-refractivity contribution in [3.63, 3.8) is 0 Å². The van der Waals surface area contributed by atoms with Gasteiger partial charge >= 0.3 is 0 Å². The molecule has 0 aliphatic rings. The number of benzene rings is 1. The molecule has 0 amide bonds. The van der Waals surface area contributed by atoms with E-state index in [1.165, 1.54) is 6.07 Å². The van der Waals surface area contributed by atoms with Gasteiger partial charge in [-0.15, -0.1) is 0 Å². The maximum Gasteiger partial charge on any atom is 0.293 e. The van der Waals surface area contributed by atoms with Crippen molar-refractivity contribution in [1.82, 2.24) is 4.90 Å². The van der Waals surface area contributed by atoms with E-state index in [1.54, 1.807) is 6.07 Å². The predicted molar refractivity (Wildman–Crippen MR) is 76.8 cm³/mol. The summed E-state index contributed by atoms with van der Waals surface area (Å²) in [6.07, 6.45) is 2.11. The number of nitrogens with two attached hydrogens (primary N) is 1. The predicted octanol–water partition coefficient (Wildman–Crippen LogP) is 2.50. The zero-order chi connectivity index (χ0) is 14.3. The Hall–Kier alpha value is -1.66. The Kier molecular flexibility index (Phi) is 6.24. The van der Waals surface area contributed by atoms with E-state index in [9.17, 15) is 10.1 Å². The summed E-state index contributed by atoms with van der Waals surface area (Å²) >= 11 is 0. The summed E-state index contributed by atoms with van der Waals surface area (Å²) in [7, 11) is 0. The summed E-state index contributed by atoms with van der Waals surface area (Å²) < 4.78 is 0. The SMILES string of the molecule is CCCN(CCC)Cc1cccc([N+](=O)[O-])c1NN. The molecule has 0 saturated carbocycles. The lowest BCUT2D eigenvalue weighted by Gasteiger charge is -2.22. The number of nitro benzene ring substituents is 1. The van der Waals surface area contributed by atoms with Crippen LogP contribution in [0.15, 0.2) is 18.2 Å². The molecule has 0 aliphatic heterocycles. The fourth-order valence-electron chi connectivity index (χ4n) is 2.18. The Morgan fingerprint density at radius 1 is 1.32 bits per heavy atom. The molecule has 1 rings (SSSR count). The molecular formula is C13H22N4O2. The molecular weight excluding hydrogens is 244 g/mol. The topological polar surface area (TPSA) is 84.4 Å². The second kappa shape index (κ2) is 7.70. The minimum atomic E-state index is -0.414. The van der Waals surface area contributed by atoms with Crippen molar-refractivity contribution in [2.45, 2.75) is 33.2 Å². The molecule has 0 atom stereocenters. The molecule has 19 heavy (non-hydrogen) atoms. The molecule has 0 unspecified atom stereocenters. The number of rotatable bonds is 8. The van der Waals surface area contributed by atoms with Gasteiger partial charge in [-0.2, -0.15) is 0 Å². The van der Waals surface area contributed by atoms with Gasteiger partial charge in [-0.05, 0) is 31.5 Å². The summed E-state index contributed by atoms with van der Waals surface area (Å²) in [5.41, 5.74) is 3.75. The van der Waals surface area contributed by atoms with Crippen molar-refractivity contribution in [3.05, 3.63) is 33.9 Å². The van der Waals surface area contributed by atoms with Crippen LogP contribution in [-0.2, 0) is 6.54 Å². The van der Waals surface area contributed by atoms with Crippen LogP contribution in [0.1, 0.15) is 32.3 Å². The Labute approximate surface area is 113 Å². The third-order valence-electron chi connectivity index (χ3n) is 2.94. The van der Waals surface area contributed by atoms with Crippen molar-refractivity contribution >= 4 is 11.4 Å². The van der Waals surface area contributed by atoms with Crippen LogP contribution in [0, 0.1) is 10.1 Å². The van der Waals surface area contributed by atoms with E-state index in [1.807, 2.05) is 6.07 Å². The van der Waals surface area contributed by atoms with Crippen LogP contribution in [-0.4, -0.2) is 22.9 Å². The highest BCUT2D eigenvalue weighted by Crippen LogP contribution is 2.28. The lowest BCUT2D eigenvalue weighted by Crippen LogP contribution is -2.26. The maximum atomic E-state index is 11.0. The first-order valence-electron chi connectivity index (χ1n) is 6.59. The summed E-state index contributed by atoms with van der Waals surface area (Å²) in [5.74, 6) is 5.44. The number of hydrogen-bond acceptors (Lipinski definition) is 5. The van der Waals surface area contributed by atoms with E-state index in [4.69, 9.17) is 5.84 Å². The van der Waals surface area contributed by atoms with Crippen LogP contribution < -0.4 is 11.3 Å². The average molecular weight is 266 g/mol. The van der Waals surface area contributed by atoms with Gasteiger partial charge in [-0.1, -0.05) is 26.0 Å². The number of hydrazine groups is 1. The smallest absolute Gasteiger partial charge is 0.293 e. The molecule has 0 radical (unpaired) electrons. The van der Waals surface area contributed by atoms with Gasteiger partial charge in [0.25, 0.3) is 5.69 Å². The first-order valence-corrected chi connectivity index (χ1v) is 6.59. The lowest BCUT2D eigenvalue weighted by atomic mass is 10.1. The molecule has 0 aliphatic carbocycles. The van der Waals surface area contributed by atoms with E-state index < -0.39 is 4.92 Å². The van der Waals surface area contributed by atoms with E-state index in [2.05, 4.69) is 24.2 Å². The van der Waals surface area contributed by atoms with Gasteiger partial charge in [0.2, 0.25) is 0 Å². The second-order valence-electron chi connectivity index (χ2n) is 4.49. The Morgan fingerprint density at radius 2 is 1.95 bits per heavy atom. The highest BCUT2D eigenvalue weighted by Gasteiger charge is 2.17. The number of nitrogens with one attached hydrogen (secondary N) is 1. The van der Waals surface area contributed by atoms with Crippen LogP contribution in [0.4, 0.5) is 11.4 Å². The molecule has 3 N–H and O–H groups in total. The number of para-hydroxylation sites is 1. The molecule has 1 aromatic rings. The number of nitrogens with zero attached hydrogens (tertiary/aromatic N) is 2. The molecule has 6 nitrogen and oxygen atoms in total. The highest BCUT2D eigenvalue weighted by atomic mass is 16.6. The number of anilines is 1. The van der Waals surface area contributed by atoms with Gasteiger partial charge in [0.15, 0.2) is 0 Å². The number of nitro groups is 1. The Morgan fingerprint density at radius 3 is 2.42 bits per heavy atom. The standard InChI is InChI=1S/C13H22N4O2/c1-3-8-16(9-4-2)10-11-6-5-7-12(17(18)19)13(11)15-14/h5-7,15H,3-4,8-10,14H2,1-2H3. The van der Waals surface area contributed by atoms with Gasteiger partial charge < -0.3 is 5.43 Å². The van der Waals surface area contributed by atoms with Crippen LogP contribution in [0.3, 0.4) is 0 Å². The van der Waals surface area contributed by atoms with Crippen LogP contribution in [0.2, 0.25) is 0 Å². The minimum Gasteiger partial charge on any atom is -0.318 e. The molecule has 1 aromatic carbocycles. The summed E-state index contributed by atoms with van der Waals surface area (Å²) in [4.78, 5) is 12.8. The van der Waals surface area contributed by atoms with Crippen molar-refractivity contribution in [1.29, 1.82) is 0 Å². The van der Waals surface area contributed by atoms with E-state index in [-0.39, 0.29) is 5.69 Å². The molecule has 6 heteroatoms. The molecule has 106 valence electrons. The fraction of sp³-hybridized carbons (Fsp3) is 0.538. The number of hydrogen-bond donors (Lipinski definition) is 2. The zero-order valence-corrected chi connectivity index (χ0v) is 11.6. The molecule has 0 aromatic heterocycles. The Bertz CT molecular complexity index is 417. The summed E-state index contributed by atoms with van der Waals surface area (Å²) in [6, 6.07) is 5.04. The Balaban J connectivity index is 2.98. The monoisotopic (exact) mass is 266 g/mol. The second-order valence-corrected chi connectivity index (χ2v) is 4.49. The molecule has 0 heterocycles. The van der Waals surface area contributed by atoms with Crippen LogP contribution in [0.5, 0.6) is 0 Å². The van der Waals surface area contributed by atoms with Crippen LogP contribution in [0.25, 0.3) is 0 Å². The average Bonchev–Trinajstić information content (AvgIpc) is 2.39. The van der Waals surface area contributed by atoms with E-state index >= 15 is 0 Å². The molecule has 0 fully saturated rings. The zero-order valence-electron chi connectivity index (χ0n) is 11.6. The summed E-state index contributed by atoms with van der Waals surface area (Å²) in [6.45, 7) is 6.86. The van der Waals surface area contributed by atoms with Crippen molar-refractivity contribution in [3.8, 4) is 0 Å². The van der Waals surface area contributed by atoms with Gasteiger partial charge in [-0.25, -0.2) is 0 Å². The fourth-order valence-corrected chi connectivity index (χ4v) is 2.18. The normalized spacial score (nSPS) is 10.7. The maximum absolute atomic E-state index is 11.0.